The van der Waals surface area contributed by atoms with Crippen molar-refractivity contribution in [2.24, 2.45) is 4.99 Å². The fourth-order valence-corrected chi connectivity index (χ4v) is 3.68. The number of nitro groups is 1. The minimum absolute atomic E-state index is 0.527. The lowest BCUT2D eigenvalue weighted by molar-refractivity contribution is -0.492. The number of amides is 3. The first-order valence-corrected chi connectivity index (χ1v) is 10.7. The normalized spacial score (nSPS) is 29.0. The van der Waals surface area contributed by atoms with Gasteiger partial charge in [0.25, 0.3) is 0 Å². The molecule has 2 fully saturated rings. The van der Waals surface area contributed by atoms with Gasteiger partial charge >= 0.3 is 41.9 Å². The van der Waals surface area contributed by atoms with Crippen LogP contribution in [0.25, 0.3) is 0 Å². The number of esters is 4. The fraction of sp³-hybridized carbons (Fsp3) is 0.650. The van der Waals surface area contributed by atoms with Crippen molar-refractivity contribution in [1.29, 1.82) is 0 Å². The molecule has 0 bridgehead atoms. The lowest BCUT2D eigenvalue weighted by atomic mass is 9.97. The quantitative estimate of drug-likeness (QED) is 0.161. The van der Waals surface area contributed by atoms with E-state index in [9.17, 15) is 38.9 Å². The lowest BCUT2D eigenvalue weighted by Gasteiger charge is -2.43. The average Bonchev–Trinajstić information content (AvgIpc) is 2.77. The molecule has 0 radical (unpaired) electrons. The zero-order valence-electron chi connectivity index (χ0n) is 20.8. The Bertz CT molecular complexity index is 1030. The molecule has 204 valence electrons. The van der Waals surface area contributed by atoms with E-state index in [0.717, 1.165) is 46.7 Å². The largest absolute Gasteiger partial charge is 0.463 e. The number of urea groups is 1. The number of likely N-dealkylation sites (N-methyl/N-ethyl adjacent to an activating group) is 2. The zero-order valence-corrected chi connectivity index (χ0v) is 20.8. The minimum Gasteiger partial charge on any atom is -0.463 e. The first-order valence-electron chi connectivity index (χ1n) is 10.7. The Morgan fingerprint density at radius 3 is 1.89 bits per heavy atom. The van der Waals surface area contributed by atoms with Crippen LogP contribution in [0.5, 0.6) is 0 Å². The maximum atomic E-state index is 12.5. The van der Waals surface area contributed by atoms with Crippen molar-refractivity contribution >= 4 is 41.7 Å². The van der Waals surface area contributed by atoms with Crippen LogP contribution in [0.3, 0.4) is 0 Å². The predicted molar refractivity (Wildman–Crippen MR) is 116 cm³/mol. The smallest absolute Gasteiger partial charge is 0.346 e. The van der Waals surface area contributed by atoms with Gasteiger partial charge in [0, 0.05) is 46.7 Å². The molecule has 2 heterocycles. The first kappa shape index (κ1) is 29.1. The highest BCUT2D eigenvalue weighted by molar-refractivity contribution is 6.19. The lowest BCUT2D eigenvalue weighted by Crippen LogP contribution is -2.64. The highest BCUT2D eigenvalue weighted by Gasteiger charge is 2.55. The standard InChI is InChI=1S/C20H26N4O13/c1-8(25)33-7-12-14(34-9(2)26)15(35-10(3)27)16(36-11(4)28)18(37-12)21-17-13(24(31)32)19(29)23(6)20(30)22(17)5/h12-16,18H,7H2,1-6H3/t12-,13?,14-,15+,16-,18-/m1/s1. The van der Waals surface area contributed by atoms with Gasteiger partial charge in [0.2, 0.25) is 0 Å². The van der Waals surface area contributed by atoms with Gasteiger partial charge in [0.1, 0.15) is 12.7 Å². The highest BCUT2D eigenvalue weighted by Crippen LogP contribution is 2.31. The predicted octanol–water partition coefficient (Wildman–Crippen LogP) is -1.36. The Kier molecular flexibility index (Phi) is 9.21. The Balaban J connectivity index is 2.68. The molecular weight excluding hydrogens is 504 g/mol. The monoisotopic (exact) mass is 530 g/mol. The van der Waals surface area contributed by atoms with Gasteiger partial charge < -0.3 is 23.7 Å². The van der Waals surface area contributed by atoms with Gasteiger partial charge in [-0.2, -0.15) is 0 Å². The number of ether oxygens (including phenoxy) is 5. The summed E-state index contributed by atoms with van der Waals surface area (Å²) in [5.41, 5.74) is 0. The number of aliphatic imine (C=N–C) groups is 1. The second-order valence-electron chi connectivity index (χ2n) is 8.00. The van der Waals surface area contributed by atoms with Crippen LogP contribution in [0.2, 0.25) is 0 Å². The number of hydrogen-bond donors (Lipinski definition) is 0. The Morgan fingerprint density at radius 1 is 0.892 bits per heavy atom. The second kappa shape index (κ2) is 11.7. The molecule has 0 saturated carbocycles. The highest BCUT2D eigenvalue weighted by atomic mass is 16.7. The SMILES string of the molecule is CC(=O)OC[C@H]1O[C@@H](N=C2C([N+](=O)[O-])C(=O)N(C)C(=O)N2C)[C@H](OC(C)=O)[C@@H](OC(C)=O)[C@@H]1OC(C)=O. The van der Waals surface area contributed by atoms with E-state index in [-0.39, 0.29) is 0 Å². The van der Waals surface area contributed by atoms with E-state index in [4.69, 9.17) is 23.7 Å². The molecule has 0 aromatic carbocycles. The summed E-state index contributed by atoms with van der Waals surface area (Å²) in [6.45, 7) is 3.56. The van der Waals surface area contributed by atoms with Crippen LogP contribution < -0.4 is 0 Å². The zero-order chi connectivity index (χ0) is 28.2. The van der Waals surface area contributed by atoms with E-state index in [1.54, 1.807) is 0 Å². The van der Waals surface area contributed by atoms with Crippen molar-refractivity contribution in [2.45, 2.75) is 64.4 Å². The van der Waals surface area contributed by atoms with Crippen molar-refractivity contribution in [3.63, 3.8) is 0 Å². The van der Waals surface area contributed by atoms with E-state index >= 15 is 0 Å². The Labute approximate surface area is 209 Å². The van der Waals surface area contributed by atoms with Crippen LogP contribution in [-0.4, -0.2) is 114 Å². The number of hydrogen-bond acceptors (Lipinski definition) is 14. The number of nitrogens with zero attached hydrogens (tertiary/aromatic N) is 4. The molecule has 2 aliphatic rings. The first-order chi connectivity index (χ1) is 17.1. The van der Waals surface area contributed by atoms with E-state index in [0.29, 0.717) is 4.90 Å². The third-order valence-corrected chi connectivity index (χ3v) is 5.16. The van der Waals surface area contributed by atoms with Crippen molar-refractivity contribution < 1.29 is 57.4 Å². The van der Waals surface area contributed by atoms with Crippen LogP contribution in [0.4, 0.5) is 4.79 Å². The van der Waals surface area contributed by atoms with E-state index < -0.39 is 89.9 Å². The van der Waals surface area contributed by atoms with E-state index in [2.05, 4.69) is 4.99 Å². The summed E-state index contributed by atoms with van der Waals surface area (Å²) in [4.78, 5) is 88.0. The molecule has 37 heavy (non-hydrogen) atoms. The average molecular weight is 530 g/mol. The van der Waals surface area contributed by atoms with Gasteiger partial charge in [0.05, 0.1) is 0 Å². The van der Waals surface area contributed by atoms with Crippen LogP contribution in [0.15, 0.2) is 4.99 Å². The molecule has 17 heteroatoms. The topological polar surface area (TPSA) is 211 Å². The van der Waals surface area contributed by atoms with E-state index in [1.165, 1.54) is 0 Å². The third-order valence-electron chi connectivity index (χ3n) is 5.16. The molecule has 2 rings (SSSR count). The Morgan fingerprint density at radius 2 is 1.41 bits per heavy atom. The van der Waals surface area contributed by atoms with Gasteiger partial charge in [-0.25, -0.2) is 9.79 Å². The summed E-state index contributed by atoms with van der Waals surface area (Å²) >= 11 is 0. The van der Waals surface area contributed by atoms with Crippen molar-refractivity contribution in [3.8, 4) is 0 Å². The minimum atomic E-state index is -2.14. The van der Waals surface area contributed by atoms with Crippen molar-refractivity contribution in [2.75, 3.05) is 20.7 Å². The molecule has 0 aliphatic carbocycles. The van der Waals surface area contributed by atoms with Crippen LogP contribution >= 0.6 is 0 Å². The third kappa shape index (κ3) is 6.75. The Hall–Kier alpha value is -4.15. The molecule has 0 N–H and O–H groups in total. The van der Waals surface area contributed by atoms with Gasteiger partial charge in [-0.1, -0.05) is 0 Å². The number of carbonyl (C=O) groups is 6. The molecular formula is C20H26N4O13. The molecule has 2 saturated heterocycles. The van der Waals surface area contributed by atoms with Gasteiger partial charge in [0.15, 0.2) is 30.4 Å². The molecule has 0 aromatic heterocycles. The summed E-state index contributed by atoms with van der Waals surface area (Å²) in [5, 5.41) is 11.7. The molecule has 0 aromatic rings. The summed E-state index contributed by atoms with van der Waals surface area (Å²) in [5.74, 6) is -5.30. The second-order valence-corrected chi connectivity index (χ2v) is 8.00. The number of amidine groups is 1. The summed E-state index contributed by atoms with van der Waals surface area (Å²) < 4.78 is 26.4. The van der Waals surface area contributed by atoms with Gasteiger partial charge in [-0.05, 0) is 0 Å². The maximum Gasteiger partial charge on any atom is 0.346 e. The van der Waals surface area contributed by atoms with E-state index in [1.807, 2.05) is 0 Å². The molecule has 3 amide bonds. The van der Waals surface area contributed by atoms with Crippen molar-refractivity contribution in [1.82, 2.24) is 9.80 Å². The van der Waals surface area contributed by atoms with Crippen LogP contribution in [0.1, 0.15) is 27.7 Å². The molecule has 2 aliphatic heterocycles. The maximum absolute atomic E-state index is 12.5. The fourth-order valence-electron chi connectivity index (χ4n) is 3.68. The number of imide groups is 1. The molecule has 6 atom stereocenters. The summed E-state index contributed by atoms with van der Waals surface area (Å²) in [7, 11) is 2.16. The summed E-state index contributed by atoms with van der Waals surface area (Å²) in [6.07, 6.45) is -7.87. The molecule has 17 nitrogen and oxygen atoms in total. The van der Waals surface area contributed by atoms with Gasteiger partial charge in [-0.3, -0.25) is 43.9 Å². The summed E-state index contributed by atoms with van der Waals surface area (Å²) in [6, 6.07) is -3.09. The molecule has 1 unspecified atom stereocenters. The number of carbonyl (C=O) groups excluding carboxylic acids is 6. The van der Waals surface area contributed by atoms with Gasteiger partial charge in [-0.15, -0.1) is 0 Å². The number of rotatable bonds is 7. The van der Waals surface area contributed by atoms with Crippen molar-refractivity contribution in [3.05, 3.63) is 10.1 Å². The van der Waals surface area contributed by atoms with Crippen LogP contribution in [-0.2, 0) is 47.7 Å². The molecule has 0 spiro atoms. The van der Waals surface area contributed by atoms with Crippen LogP contribution in [0, 0.1) is 10.1 Å².